The molecule has 0 atom stereocenters. The SMILES string of the molecule is CC1(CNCCNCCNC(=O)CCCC(=O)NCCCN2C(=O)C=CC2=O)CNCCNCCCNCCNC1. The summed E-state index contributed by atoms with van der Waals surface area (Å²) in [6, 6.07) is 0. The highest BCUT2D eigenvalue weighted by atomic mass is 16.2. The lowest BCUT2D eigenvalue weighted by Crippen LogP contribution is -2.49. The maximum absolute atomic E-state index is 12.0. The van der Waals surface area contributed by atoms with Crippen molar-refractivity contribution in [2.24, 2.45) is 5.41 Å². The molecule has 41 heavy (non-hydrogen) atoms. The molecule has 8 N–H and O–H groups in total. The second-order valence-corrected chi connectivity index (χ2v) is 11.0. The molecule has 0 bridgehead atoms. The van der Waals surface area contributed by atoms with Gasteiger partial charge in [-0.05, 0) is 32.4 Å². The molecule has 2 heterocycles. The summed E-state index contributed by atoms with van der Waals surface area (Å²) in [5.41, 5.74) is 0.112. The summed E-state index contributed by atoms with van der Waals surface area (Å²) in [5.74, 6) is -0.838. The molecule has 2 aliphatic rings. The lowest BCUT2D eigenvalue weighted by Gasteiger charge is -2.31. The van der Waals surface area contributed by atoms with E-state index in [2.05, 4.69) is 49.5 Å². The van der Waals surface area contributed by atoms with Gasteiger partial charge in [0, 0.05) is 115 Å². The molecule has 2 rings (SSSR count). The maximum Gasteiger partial charge on any atom is 0.253 e. The molecule has 0 aromatic heterocycles. The van der Waals surface area contributed by atoms with Crippen LogP contribution in [0.15, 0.2) is 12.2 Å². The summed E-state index contributed by atoms with van der Waals surface area (Å²) in [6.45, 7) is 14.7. The van der Waals surface area contributed by atoms with E-state index in [0.29, 0.717) is 38.9 Å². The number of hydrogen-bond donors (Lipinski definition) is 8. The zero-order chi connectivity index (χ0) is 29.6. The molecule has 1 fully saturated rings. The number of carbonyl (C=O) groups is 4. The smallest absolute Gasteiger partial charge is 0.253 e. The quantitative estimate of drug-likeness (QED) is 0.0733. The molecule has 2 aliphatic heterocycles. The van der Waals surface area contributed by atoms with Crippen LogP contribution in [0.2, 0.25) is 0 Å². The Morgan fingerprint density at radius 1 is 0.732 bits per heavy atom. The normalized spacial score (nSPS) is 18.7. The van der Waals surface area contributed by atoms with Crippen molar-refractivity contribution in [3.05, 3.63) is 12.2 Å². The molecular weight excluding hydrogens is 526 g/mol. The molecule has 1 saturated heterocycles. The van der Waals surface area contributed by atoms with Crippen LogP contribution in [0, 0.1) is 5.41 Å². The van der Waals surface area contributed by atoms with Crippen LogP contribution >= 0.6 is 0 Å². The van der Waals surface area contributed by atoms with Crippen LogP contribution in [0.25, 0.3) is 0 Å². The van der Waals surface area contributed by atoms with Gasteiger partial charge in [-0.2, -0.15) is 0 Å². The number of hydrogen-bond acceptors (Lipinski definition) is 10. The molecule has 4 amide bonds. The first-order chi connectivity index (χ1) is 19.9. The molecule has 0 spiro atoms. The van der Waals surface area contributed by atoms with Gasteiger partial charge in [-0.25, -0.2) is 0 Å². The van der Waals surface area contributed by atoms with Gasteiger partial charge in [-0.3, -0.25) is 24.1 Å². The van der Waals surface area contributed by atoms with Crippen LogP contribution in [0.4, 0.5) is 0 Å². The Morgan fingerprint density at radius 3 is 1.90 bits per heavy atom. The summed E-state index contributed by atoms with van der Waals surface area (Å²) in [4.78, 5) is 48.1. The molecule has 0 radical (unpaired) electrons. The fourth-order valence-electron chi connectivity index (χ4n) is 4.59. The van der Waals surface area contributed by atoms with Gasteiger partial charge in [-0.1, -0.05) is 6.92 Å². The van der Waals surface area contributed by atoms with Crippen molar-refractivity contribution in [1.82, 2.24) is 47.4 Å². The zero-order valence-corrected chi connectivity index (χ0v) is 24.9. The van der Waals surface area contributed by atoms with Gasteiger partial charge < -0.3 is 42.5 Å². The van der Waals surface area contributed by atoms with E-state index in [1.165, 1.54) is 12.2 Å². The molecule has 0 unspecified atom stereocenters. The van der Waals surface area contributed by atoms with Crippen molar-refractivity contribution in [3.63, 3.8) is 0 Å². The monoisotopic (exact) mass is 579 g/mol. The minimum atomic E-state index is -0.317. The zero-order valence-electron chi connectivity index (χ0n) is 24.9. The van der Waals surface area contributed by atoms with E-state index < -0.39 is 0 Å². The van der Waals surface area contributed by atoms with Crippen molar-refractivity contribution in [3.8, 4) is 0 Å². The van der Waals surface area contributed by atoms with Crippen molar-refractivity contribution in [2.45, 2.75) is 39.0 Å². The maximum atomic E-state index is 12.0. The minimum absolute atomic E-state index is 0.0663. The largest absolute Gasteiger partial charge is 0.356 e. The topological polar surface area (TPSA) is 168 Å². The van der Waals surface area contributed by atoms with Crippen molar-refractivity contribution >= 4 is 23.6 Å². The fraction of sp³-hybridized carbons (Fsp3) is 0.786. The van der Waals surface area contributed by atoms with Gasteiger partial charge in [0.05, 0.1) is 0 Å². The van der Waals surface area contributed by atoms with Gasteiger partial charge in [0.25, 0.3) is 11.8 Å². The highest BCUT2D eigenvalue weighted by Crippen LogP contribution is 2.12. The Morgan fingerprint density at radius 2 is 1.27 bits per heavy atom. The third kappa shape index (κ3) is 16.6. The van der Waals surface area contributed by atoms with Crippen LogP contribution < -0.4 is 42.5 Å². The van der Waals surface area contributed by atoms with E-state index in [4.69, 9.17) is 0 Å². The van der Waals surface area contributed by atoms with Crippen LogP contribution in [-0.4, -0.2) is 127 Å². The average molecular weight is 580 g/mol. The van der Waals surface area contributed by atoms with E-state index in [1.54, 1.807) is 0 Å². The van der Waals surface area contributed by atoms with Gasteiger partial charge >= 0.3 is 0 Å². The van der Waals surface area contributed by atoms with Crippen LogP contribution in [0.3, 0.4) is 0 Å². The van der Waals surface area contributed by atoms with Crippen LogP contribution in [0.5, 0.6) is 0 Å². The minimum Gasteiger partial charge on any atom is -0.356 e. The van der Waals surface area contributed by atoms with Gasteiger partial charge in [0.2, 0.25) is 11.8 Å². The summed E-state index contributed by atoms with van der Waals surface area (Å²) in [5, 5.41) is 26.7. The number of nitrogens with one attached hydrogen (secondary N) is 8. The Hall–Kier alpha value is -2.42. The second kappa shape index (κ2) is 21.3. The van der Waals surface area contributed by atoms with Crippen molar-refractivity contribution < 1.29 is 19.2 Å². The molecule has 0 saturated carbocycles. The Labute approximate surface area is 245 Å². The molecular formula is C28H53N9O4. The van der Waals surface area contributed by atoms with E-state index in [1.807, 2.05) is 0 Å². The Balaban J connectivity index is 1.43. The summed E-state index contributed by atoms with van der Waals surface area (Å²) < 4.78 is 0. The number of rotatable bonds is 16. The first kappa shape index (κ1) is 34.8. The van der Waals surface area contributed by atoms with E-state index in [9.17, 15) is 19.2 Å². The number of amides is 4. The predicted octanol–water partition coefficient (Wildman–Crippen LogP) is -2.35. The molecule has 0 aromatic carbocycles. The van der Waals surface area contributed by atoms with Crippen LogP contribution in [-0.2, 0) is 19.2 Å². The molecule has 234 valence electrons. The lowest BCUT2D eigenvalue weighted by molar-refractivity contribution is -0.136. The fourth-order valence-corrected chi connectivity index (χ4v) is 4.59. The Bertz CT molecular complexity index is 792. The summed E-state index contributed by atoms with van der Waals surface area (Å²) in [7, 11) is 0. The molecule has 0 aromatic rings. The number of carbonyl (C=O) groups excluding carboxylic acids is 4. The van der Waals surface area contributed by atoms with Crippen LogP contribution in [0.1, 0.15) is 39.0 Å². The standard InChI is InChI=1S/C28H53N9O4/c1-28(21-32-15-12-29-9-3-10-30-13-16-33-22-28)23-34-17-14-31-18-19-36-25(39)6-2-5-24(38)35-11-4-20-37-26(40)7-8-27(37)41/h7-8,29-34H,2-6,9-23H2,1H3,(H,35,38)(H,36,39). The highest BCUT2D eigenvalue weighted by molar-refractivity contribution is 6.12. The molecule has 13 heteroatoms. The highest BCUT2D eigenvalue weighted by Gasteiger charge is 2.23. The summed E-state index contributed by atoms with van der Waals surface area (Å²) >= 11 is 0. The van der Waals surface area contributed by atoms with E-state index in [0.717, 1.165) is 83.3 Å². The summed E-state index contributed by atoms with van der Waals surface area (Å²) in [6.07, 6.45) is 5.17. The molecule has 13 nitrogen and oxygen atoms in total. The first-order valence-corrected chi connectivity index (χ1v) is 15.2. The molecule has 0 aliphatic carbocycles. The third-order valence-corrected chi connectivity index (χ3v) is 7.01. The van der Waals surface area contributed by atoms with Gasteiger partial charge in [-0.15, -0.1) is 0 Å². The average Bonchev–Trinajstić information content (AvgIpc) is 3.27. The lowest BCUT2D eigenvalue weighted by atomic mass is 9.90. The second-order valence-electron chi connectivity index (χ2n) is 11.0. The van der Waals surface area contributed by atoms with Gasteiger partial charge in [0.15, 0.2) is 0 Å². The van der Waals surface area contributed by atoms with E-state index in [-0.39, 0.29) is 42.0 Å². The Kier molecular flexibility index (Phi) is 18.1. The van der Waals surface area contributed by atoms with Crippen molar-refractivity contribution in [2.75, 3.05) is 98.2 Å². The first-order valence-electron chi connectivity index (χ1n) is 15.2. The van der Waals surface area contributed by atoms with E-state index >= 15 is 0 Å². The number of nitrogens with zero attached hydrogens (tertiary/aromatic N) is 1. The number of imide groups is 1. The van der Waals surface area contributed by atoms with Gasteiger partial charge in [0.1, 0.15) is 0 Å². The third-order valence-electron chi connectivity index (χ3n) is 7.01. The van der Waals surface area contributed by atoms with Crippen molar-refractivity contribution in [1.29, 1.82) is 0 Å². The predicted molar refractivity (Wildman–Crippen MR) is 160 cm³/mol.